The maximum Gasteiger partial charge on any atom is 0.161 e. The Labute approximate surface area is 543 Å². The summed E-state index contributed by atoms with van der Waals surface area (Å²) in [5, 5.41) is 0. The lowest BCUT2D eigenvalue weighted by atomic mass is 9.73. The van der Waals surface area contributed by atoms with Crippen molar-refractivity contribution in [2.75, 3.05) is 50.8 Å². The van der Waals surface area contributed by atoms with Crippen LogP contribution in [0.15, 0.2) is 182 Å². The summed E-state index contributed by atoms with van der Waals surface area (Å²) in [4.78, 5) is 9.11. The molecule has 9 aromatic rings. The van der Waals surface area contributed by atoms with Crippen molar-refractivity contribution in [1.82, 2.24) is 9.80 Å². The van der Waals surface area contributed by atoms with Crippen LogP contribution in [0.25, 0.3) is 0 Å². The number of benzene rings is 9. The van der Waals surface area contributed by atoms with Crippen LogP contribution >= 0.6 is 0 Å². The molecule has 9 aromatic carbocycles. The number of hydrogen-bond donors (Lipinski definition) is 0. The normalized spacial score (nSPS) is 15.1. The van der Waals surface area contributed by atoms with E-state index in [9.17, 15) is 0 Å². The van der Waals surface area contributed by atoms with Gasteiger partial charge in [-0.05, 0) is 192 Å². The molecule has 0 unspecified atom stereocenters. The van der Waals surface area contributed by atoms with Gasteiger partial charge in [0, 0.05) is 81.5 Å². The first kappa shape index (κ1) is 62.9. The molecule has 0 atom stereocenters. The first-order chi connectivity index (χ1) is 43.6. The maximum absolute atomic E-state index is 6.40. The molecule has 0 amide bonds. The highest BCUT2D eigenvalue weighted by molar-refractivity contribution is 5.60. The summed E-state index contributed by atoms with van der Waals surface area (Å²) in [6.07, 6.45) is 3.01. The van der Waals surface area contributed by atoms with Crippen LogP contribution in [-0.4, -0.2) is 50.8 Å². The summed E-state index contributed by atoms with van der Waals surface area (Å²) in [6.45, 7) is 33.4. The van der Waals surface area contributed by atoms with E-state index in [4.69, 9.17) is 18.9 Å². The summed E-state index contributed by atoms with van der Waals surface area (Å²) in [5.74, 6) is 3.98. The van der Waals surface area contributed by atoms with Crippen molar-refractivity contribution in [3.05, 3.63) is 282 Å². The van der Waals surface area contributed by atoms with Gasteiger partial charge in [0.05, 0.1) is 0 Å². The van der Waals surface area contributed by atoms with Crippen LogP contribution in [0.1, 0.15) is 169 Å². The van der Waals surface area contributed by atoms with Gasteiger partial charge >= 0.3 is 0 Å². The number of hydrogen-bond acceptors (Lipinski definition) is 8. The molecule has 4 aliphatic rings. The summed E-state index contributed by atoms with van der Waals surface area (Å²) in [7, 11) is 4.20. The second-order valence-electron chi connectivity index (χ2n) is 28.4. The van der Waals surface area contributed by atoms with E-state index in [1.165, 1.54) is 112 Å². The smallest absolute Gasteiger partial charge is 0.161 e. The second kappa shape index (κ2) is 25.4. The Morgan fingerprint density at radius 3 is 1.16 bits per heavy atom. The second-order valence-corrected chi connectivity index (χ2v) is 28.4. The van der Waals surface area contributed by atoms with E-state index in [-0.39, 0.29) is 21.7 Å². The molecule has 0 saturated heterocycles. The van der Waals surface area contributed by atoms with Gasteiger partial charge < -0.3 is 28.7 Å². The van der Waals surface area contributed by atoms with Gasteiger partial charge in [0.15, 0.2) is 13.5 Å². The Hall–Kier alpha value is -8.30. The molecule has 0 N–H and O–H groups in total. The standard InChI is InChI=1S/C47H54N2O2.C36H40N2O2/c1-9-35-23-33(15-14-32(35)3)22-34-16-19-43(36(10-2)24-34)49-29-38-26-42(18-21-45(38)51-31-49)47(6,7)40-13-11-12-39(27-40)46(4,5)41-17-20-44-37(25-41)28-48(8)30-50-44;1-25-9-7-12-32(17-25)38-22-27-19-31(14-16-34(27)40-24-38)36(4,5)29-11-8-10-28(20-29)35(2,3)30-13-15-33-26(18-30)21-37(6)23-39-33/h11-21,23-27H,9-10,22,28-31H2,1-8H3;7-20H,21-24H2,1-6H3. The molecule has 8 heteroatoms. The monoisotopic (exact) mass is 1210 g/mol. The third kappa shape index (κ3) is 13.0. The van der Waals surface area contributed by atoms with Crippen LogP contribution in [-0.2, 0) is 67.1 Å². The number of ether oxygens (including phenoxy) is 4. The van der Waals surface area contributed by atoms with Crippen molar-refractivity contribution >= 4 is 11.4 Å². The zero-order valence-corrected chi connectivity index (χ0v) is 56.5. The molecule has 8 nitrogen and oxygen atoms in total. The zero-order chi connectivity index (χ0) is 64.0. The Morgan fingerprint density at radius 2 is 0.725 bits per heavy atom. The first-order valence-electron chi connectivity index (χ1n) is 33.0. The SMILES string of the molecule is CCc1cc(Cc2ccc(N3COc4ccc(C(C)(C)c5cccc(C(C)(C)c6ccc7c(c6)CN(C)CO7)c5)cc4C3)c(CC)c2)ccc1C.Cc1cccc(N2COc3ccc(C(C)(C)c4cccc(C(C)(C)c5ccc6c(c5)CN(C)CO6)c4)cc3C2)c1. The van der Waals surface area contributed by atoms with E-state index in [1.54, 1.807) is 0 Å². The third-order valence-corrected chi connectivity index (χ3v) is 20.4. The zero-order valence-electron chi connectivity index (χ0n) is 56.5. The number of fused-ring (bicyclic) bond motifs is 4. The van der Waals surface area contributed by atoms with Gasteiger partial charge in [-0.1, -0.05) is 184 Å². The number of nitrogens with zero attached hydrogens (tertiary/aromatic N) is 4. The van der Waals surface area contributed by atoms with Gasteiger partial charge in [0.1, 0.15) is 36.5 Å². The number of aryl methyl sites for hydroxylation is 4. The maximum atomic E-state index is 6.40. The van der Waals surface area contributed by atoms with E-state index >= 15 is 0 Å². The predicted octanol–water partition coefficient (Wildman–Crippen LogP) is 18.3. The molecule has 4 heterocycles. The summed E-state index contributed by atoms with van der Waals surface area (Å²) < 4.78 is 24.4. The molecule has 0 saturated carbocycles. The number of rotatable bonds is 14. The van der Waals surface area contributed by atoms with Crippen molar-refractivity contribution in [3.8, 4) is 23.0 Å². The average Bonchev–Trinajstić information content (AvgIpc) is 0.945. The Kier molecular flexibility index (Phi) is 17.6. The fourth-order valence-corrected chi connectivity index (χ4v) is 14.0. The van der Waals surface area contributed by atoms with Crippen LogP contribution in [0.4, 0.5) is 11.4 Å². The van der Waals surface area contributed by atoms with Crippen LogP contribution in [0.3, 0.4) is 0 Å². The molecule has 13 rings (SSSR count). The molecule has 0 aliphatic carbocycles. The van der Waals surface area contributed by atoms with E-state index in [2.05, 4.69) is 299 Å². The summed E-state index contributed by atoms with van der Waals surface area (Å²) in [6, 6.07) is 67.9. The fourth-order valence-electron chi connectivity index (χ4n) is 14.0. The largest absolute Gasteiger partial charge is 0.478 e. The molecular formula is C83H94N4O4. The third-order valence-electron chi connectivity index (χ3n) is 20.4. The first-order valence-corrected chi connectivity index (χ1v) is 33.0. The Bertz CT molecular complexity index is 4140. The predicted molar refractivity (Wildman–Crippen MR) is 375 cm³/mol. The average molecular weight is 1210 g/mol. The van der Waals surface area contributed by atoms with Gasteiger partial charge in [0.2, 0.25) is 0 Å². The highest BCUT2D eigenvalue weighted by atomic mass is 16.5. The van der Waals surface area contributed by atoms with E-state index in [1.807, 2.05) is 0 Å². The minimum Gasteiger partial charge on any atom is -0.478 e. The van der Waals surface area contributed by atoms with Crippen molar-refractivity contribution in [3.63, 3.8) is 0 Å². The fraction of sp³-hybridized carbons (Fsp3) is 0.349. The van der Waals surface area contributed by atoms with Crippen LogP contribution in [0.2, 0.25) is 0 Å². The molecule has 470 valence electrons. The van der Waals surface area contributed by atoms with Gasteiger partial charge in [-0.2, -0.15) is 0 Å². The van der Waals surface area contributed by atoms with Crippen LogP contribution in [0.5, 0.6) is 23.0 Å². The molecule has 0 fully saturated rings. The molecule has 4 aliphatic heterocycles. The molecule has 0 radical (unpaired) electrons. The van der Waals surface area contributed by atoms with Crippen LogP contribution < -0.4 is 28.7 Å². The molecular weight excluding hydrogens is 1120 g/mol. The lowest BCUT2D eigenvalue weighted by Gasteiger charge is -2.35. The van der Waals surface area contributed by atoms with Crippen molar-refractivity contribution in [2.45, 2.75) is 150 Å². The van der Waals surface area contributed by atoms with Crippen molar-refractivity contribution in [2.24, 2.45) is 0 Å². The van der Waals surface area contributed by atoms with Gasteiger partial charge in [-0.3, -0.25) is 9.80 Å². The van der Waals surface area contributed by atoms with E-state index in [0.29, 0.717) is 26.9 Å². The lowest BCUT2D eigenvalue weighted by Crippen LogP contribution is -2.33. The molecule has 91 heavy (non-hydrogen) atoms. The number of anilines is 2. The molecule has 0 spiro atoms. The molecule has 0 bridgehead atoms. The van der Waals surface area contributed by atoms with Crippen molar-refractivity contribution in [1.29, 1.82) is 0 Å². The Morgan fingerprint density at radius 1 is 0.352 bits per heavy atom. The van der Waals surface area contributed by atoms with Gasteiger partial charge in [0.25, 0.3) is 0 Å². The molecule has 0 aromatic heterocycles. The summed E-state index contributed by atoms with van der Waals surface area (Å²) in [5.41, 5.74) is 25.4. The summed E-state index contributed by atoms with van der Waals surface area (Å²) >= 11 is 0. The van der Waals surface area contributed by atoms with Crippen LogP contribution in [0, 0.1) is 13.8 Å². The highest BCUT2D eigenvalue weighted by Crippen LogP contribution is 2.44. The van der Waals surface area contributed by atoms with Gasteiger partial charge in [-0.25, -0.2) is 0 Å². The quantitative estimate of drug-likeness (QED) is 0.107. The minimum atomic E-state index is -0.195. The topological polar surface area (TPSA) is 49.9 Å². The van der Waals surface area contributed by atoms with E-state index < -0.39 is 0 Å². The minimum absolute atomic E-state index is 0.144. The van der Waals surface area contributed by atoms with Crippen molar-refractivity contribution < 1.29 is 18.9 Å². The Balaban J connectivity index is 0.000000181. The lowest BCUT2D eigenvalue weighted by molar-refractivity contribution is 0.121. The van der Waals surface area contributed by atoms with E-state index in [0.717, 1.165) is 68.4 Å². The highest BCUT2D eigenvalue weighted by Gasteiger charge is 2.33. The van der Waals surface area contributed by atoms with Gasteiger partial charge in [-0.15, -0.1) is 0 Å².